The van der Waals surface area contributed by atoms with Crippen molar-refractivity contribution in [1.82, 2.24) is 36.4 Å². The molecule has 4 aliphatic rings. The summed E-state index contributed by atoms with van der Waals surface area (Å²) in [4.78, 5) is 38.9. The Labute approximate surface area is 198 Å². The second-order valence-electron chi connectivity index (χ2n) is 10.6. The highest BCUT2D eigenvalue weighted by atomic mass is 16.2. The van der Waals surface area contributed by atoms with E-state index in [0.717, 1.165) is 19.3 Å². The second kappa shape index (κ2) is 8.81. The van der Waals surface area contributed by atoms with E-state index in [1.807, 2.05) is 13.8 Å². The molecule has 1 heterocycles. The van der Waals surface area contributed by atoms with Gasteiger partial charge in [0.2, 0.25) is 5.91 Å². The van der Waals surface area contributed by atoms with E-state index in [1.54, 1.807) is 24.3 Å². The van der Waals surface area contributed by atoms with Gasteiger partial charge in [0.25, 0.3) is 11.8 Å². The largest absolute Gasteiger partial charge is 0.344 e. The molecule has 3 N–H and O–H groups in total. The lowest BCUT2D eigenvalue weighted by atomic mass is 9.49. The van der Waals surface area contributed by atoms with E-state index in [0.29, 0.717) is 29.0 Å². The smallest absolute Gasteiger partial charge is 0.269 e. The van der Waals surface area contributed by atoms with Gasteiger partial charge in [-0.3, -0.25) is 25.2 Å². The SMILES string of the molecule is CC(C)[C@H](NC(=O)C12CC3CC(CC(C3)C1)C2)C(=O)NNC(=O)c1ccc(-n2cnnn2)cc1. The summed E-state index contributed by atoms with van der Waals surface area (Å²) in [6, 6.07) is 5.93. The first kappa shape index (κ1) is 22.5. The average molecular weight is 466 g/mol. The molecular weight excluding hydrogens is 434 g/mol. The summed E-state index contributed by atoms with van der Waals surface area (Å²) in [6.07, 6.45) is 8.03. The summed E-state index contributed by atoms with van der Waals surface area (Å²) >= 11 is 0. The standard InChI is InChI=1S/C24H31N7O3/c1-14(2)20(26-23(34)24-10-15-7-16(11-24)9-17(8-15)12-24)22(33)28-27-21(32)18-3-5-19(6-4-18)31-13-25-29-30-31/h3-6,13-17,20H,7-12H2,1-2H3,(H,26,34)(H,27,32)(H,28,33)/t15?,16?,17?,20-,24?/m0/s1. The van der Waals surface area contributed by atoms with Gasteiger partial charge in [-0.15, -0.1) is 5.10 Å². The summed E-state index contributed by atoms with van der Waals surface area (Å²) in [6.45, 7) is 3.79. The molecule has 0 saturated heterocycles. The Hall–Kier alpha value is -3.30. The van der Waals surface area contributed by atoms with E-state index < -0.39 is 17.9 Å². The maximum Gasteiger partial charge on any atom is 0.269 e. The Morgan fingerprint density at radius 3 is 2.12 bits per heavy atom. The third kappa shape index (κ3) is 4.28. The Morgan fingerprint density at radius 2 is 1.59 bits per heavy atom. The Bertz CT molecular complexity index is 1030. The van der Waals surface area contributed by atoms with Crippen molar-refractivity contribution in [2.24, 2.45) is 29.1 Å². The van der Waals surface area contributed by atoms with Crippen molar-refractivity contribution in [3.05, 3.63) is 36.2 Å². The van der Waals surface area contributed by atoms with Gasteiger partial charge in [-0.2, -0.15) is 0 Å². The van der Waals surface area contributed by atoms with Gasteiger partial charge < -0.3 is 5.32 Å². The molecule has 10 heteroatoms. The van der Waals surface area contributed by atoms with Gasteiger partial charge in [-0.25, -0.2) is 4.68 Å². The molecular formula is C24H31N7O3. The molecule has 180 valence electrons. The van der Waals surface area contributed by atoms with Crippen molar-refractivity contribution in [2.45, 2.75) is 58.4 Å². The van der Waals surface area contributed by atoms with Crippen LogP contribution in [0, 0.1) is 29.1 Å². The Kier molecular flexibility index (Phi) is 5.83. The fourth-order valence-corrected chi connectivity index (χ4v) is 6.53. The summed E-state index contributed by atoms with van der Waals surface area (Å²) in [5.74, 6) is 0.952. The first-order valence-corrected chi connectivity index (χ1v) is 12.1. The van der Waals surface area contributed by atoms with Crippen LogP contribution in [0.3, 0.4) is 0 Å². The van der Waals surface area contributed by atoms with Gasteiger partial charge in [0.05, 0.1) is 5.69 Å². The molecule has 0 radical (unpaired) electrons. The number of hydrazine groups is 1. The number of amides is 3. The average Bonchev–Trinajstić information content (AvgIpc) is 3.34. The number of carbonyl (C=O) groups excluding carboxylic acids is 3. The molecule has 1 aromatic carbocycles. The number of nitrogens with one attached hydrogen (secondary N) is 3. The van der Waals surface area contributed by atoms with Crippen LogP contribution in [-0.4, -0.2) is 44.0 Å². The minimum Gasteiger partial charge on any atom is -0.344 e. The highest BCUT2D eigenvalue weighted by Crippen LogP contribution is 2.60. The maximum atomic E-state index is 13.4. The highest BCUT2D eigenvalue weighted by Gasteiger charge is 2.55. The van der Waals surface area contributed by atoms with Gasteiger partial charge in [-0.05, 0) is 96.9 Å². The summed E-state index contributed by atoms with van der Waals surface area (Å²) < 4.78 is 1.48. The molecule has 0 spiro atoms. The van der Waals surface area contributed by atoms with Gasteiger partial charge in [0, 0.05) is 11.0 Å². The number of rotatable bonds is 6. The second-order valence-corrected chi connectivity index (χ2v) is 10.6. The minimum atomic E-state index is -0.719. The fourth-order valence-electron chi connectivity index (χ4n) is 6.53. The van der Waals surface area contributed by atoms with E-state index >= 15 is 0 Å². The predicted octanol–water partition coefficient (Wildman–Crippen LogP) is 1.78. The number of tetrazole rings is 1. The zero-order chi connectivity index (χ0) is 23.9. The van der Waals surface area contributed by atoms with E-state index in [9.17, 15) is 14.4 Å². The minimum absolute atomic E-state index is 0.00460. The maximum absolute atomic E-state index is 13.4. The lowest BCUT2D eigenvalue weighted by molar-refractivity contribution is -0.149. The van der Waals surface area contributed by atoms with Crippen LogP contribution >= 0.6 is 0 Å². The Morgan fingerprint density at radius 1 is 0.971 bits per heavy atom. The van der Waals surface area contributed by atoms with Crippen LogP contribution in [0.15, 0.2) is 30.6 Å². The normalized spacial score (nSPS) is 27.9. The number of hydrogen-bond acceptors (Lipinski definition) is 6. The first-order valence-electron chi connectivity index (χ1n) is 12.1. The molecule has 2 aromatic rings. The van der Waals surface area contributed by atoms with Crippen LogP contribution in [0.2, 0.25) is 0 Å². The van der Waals surface area contributed by atoms with Crippen molar-refractivity contribution < 1.29 is 14.4 Å². The molecule has 4 aliphatic carbocycles. The topological polar surface area (TPSA) is 131 Å². The molecule has 4 bridgehead atoms. The highest BCUT2D eigenvalue weighted by molar-refractivity contribution is 5.97. The quantitative estimate of drug-likeness (QED) is 0.558. The number of nitrogens with zero attached hydrogens (tertiary/aromatic N) is 4. The number of carbonyl (C=O) groups is 3. The van der Waals surface area contributed by atoms with Crippen molar-refractivity contribution in [3.8, 4) is 5.69 Å². The lowest BCUT2D eigenvalue weighted by Gasteiger charge is -2.55. The molecule has 4 fully saturated rings. The lowest BCUT2D eigenvalue weighted by Crippen LogP contribution is -2.59. The molecule has 1 aromatic heterocycles. The van der Waals surface area contributed by atoms with Gasteiger partial charge in [0.15, 0.2) is 0 Å². The monoisotopic (exact) mass is 465 g/mol. The van der Waals surface area contributed by atoms with E-state index in [4.69, 9.17) is 0 Å². The van der Waals surface area contributed by atoms with Crippen LogP contribution < -0.4 is 16.2 Å². The third-order valence-corrected chi connectivity index (χ3v) is 7.80. The van der Waals surface area contributed by atoms with Crippen LogP contribution in [0.1, 0.15) is 62.7 Å². The van der Waals surface area contributed by atoms with Crippen LogP contribution in [0.5, 0.6) is 0 Å². The first-order chi connectivity index (χ1) is 16.3. The number of aromatic nitrogens is 4. The van der Waals surface area contributed by atoms with Crippen molar-refractivity contribution in [1.29, 1.82) is 0 Å². The molecule has 3 amide bonds. The van der Waals surface area contributed by atoms with Crippen LogP contribution in [-0.2, 0) is 9.59 Å². The molecule has 1 atom stereocenters. The Balaban J connectivity index is 1.19. The summed E-state index contributed by atoms with van der Waals surface area (Å²) in [5, 5.41) is 14.0. The molecule has 34 heavy (non-hydrogen) atoms. The van der Waals surface area contributed by atoms with Gasteiger partial charge in [0.1, 0.15) is 12.4 Å². The van der Waals surface area contributed by atoms with Gasteiger partial charge in [-0.1, -0.05) is 13.8 Å². The third-order valence-electron chi connectivity index (χ3n) is 7.80. The van der Waals surface area contributed by atoms with Crippen molar-refractivity contribution >= 4 is 17.7 Å². The molecule has 0 aliphatic heterocycles. The van der Waals surface area contributed by atoms with Crippen LogP contribution in [0.25, 0.3) is 5.69 Å². The fraction of sp³-hybridized carbons (Fsp3) is 0.583. The zero-order valence-electron chi connectivity index (χ0n) is 19.5. The summed E-state index contributed by atoms with van der Waals surface area (Å²) in [7, 11) is 0. The van der Waals surface area contributed by atoms with E-state index in [-0.39, 0.29) is 17.2 Å². The number of benzene rings is 1. The van der Waals surface area contributed by atoms with Crippen molar-refractivity contribution in [2.75, 3.05) is 0 Å². The van der Waals surface area contributed by atoms with Crippen LogP contribution in [0.4, 0.5) is 0 Å². The predicted molar refractivity (Wildman–Crippen MR) is 122 cm³/mol. The molecule has 6 rings (SSSR count). The molecule has 0 unspecified atom stereocenters. The van der Waals surface area contributed by atoms with E-state index in [2.05, 4.69) is 31.7 Å². The zero-order valence-corrected chi connectivity index (χ0v) is 19.5. The molecule has 4 saturated carbocycles. The van der Waals surface area contributed by atoms with Crippen molar-refractivity contribution in [3.63, 3.8) is 0 Å². The molecule has 10 nitrogen and oxygen atoms in total. The van der Waals surface area contributed by atoms with E-state index in [1.165, 1.54) is 30.3 Å². The van der Waals surface area contributed by atoms with Gasteiger partial charge >= 0.3 is 0 Å². The number of hydrogen-bond donors (Lipinski definition) is 3. The summed E-state index contributed by atoms with van der Waals surface area (Å²) in [5.41, 5.74) is 5.70.